The fourth-order valence-electron chi connectivity index (χ4n) is 8.41. The Hall–Kier alpha value is -8.03. The Bertz CT molecular complexity index is 3400. The van der Waals surface area contributed by atoms with Crippen molar-refractivity contribution in [3.8, 4) is 39.9 Å². The largest absolute Gasteiger partial charge is 0.449 e. The second-order valence-electron chi connectivity index (χ2n) is 14.4. The Labute approximate surface area is 332 Å². The van der Waals surface area contributed by atoms with E-state index in [1.807, 2.05) is 84.9 Å². The predicted molar refractivity (Wildman–Crippen MR) is 233 cm³/mol. The van der Waals surface area contributed by atoms with E-state index in [9.17, 15) is 0 Å². The van der Waals surface area contributed by atoms with Crippen LogP contribution in [0.2, 0.25) is 0 Å². The summed E-state index contributed by atoms with van der Waals surface area (Å²) in [6, 6.07) is 64.5. The normalized spacial score (nSPS) is 12.1. The minimum Gasteiger partial charge on any atom is -0.449 e. The number of fused-ring (bicyclic) bond motifs is 9. The molecule has 0 bridgehead atoms. The molecule has 12 rings (SSSR count). The molecule has 0 radical (unpaired) electrons. The molecule has 0 unspecified atom stereocenters. The van der Waals surface area contributed by atoms with Crippen molar-refractivity contribution < 1.29 is 8.83 Å². The molecule has 58 heavy (non-hydrogen) atoms. The second kappa shape index (κ2) is 12.8. The third-order valence-corrected chi connectivity index (χ3v) is 11.0. The molecule has 0 N–H and O–H groups in total. The van der Waals surface area contributed by atoms with Gasteiger partial charge in [-0.05, 0) is 83.6 Å². The standard InChI is InChI=1S/C51H31N5O2/c1-4-15-32(16-5-1)49-52-50(33-17-6-2-7-18-33)54-51(53-49)34-27-28-40-39(29-34)38-31-47-46(57-44-25-12-13-26-45(44)58-47)30-37(38)36-21-14-24-43-48(36)56(40)42-23-11-10-22-41(42)55(43)35-19-8-3-9-20-35/h1-31H. The van der Waals surface area contributed by atoms with Gasteiger partial charge in [-0.1, -0.05) is 115 Å². The van der Waals surface area contributed by atoms with Crippen molar-refractivity contribution in [3.05, 3.63) is 188 Å². The van der Waals surface area contributed by atoms with Gasteiger partial charge < -0.3 is 18.3 Å². The lowest BCUT2D eigenvalue weighted by Gasteiger charge is -2.34. The molecule has 3 aromatic heterocycles. The highest BCUT2D eigenvalue weighted by Gasteiger charge is 2.27. The molecule has 0 atom stereocenters. The summed E-state index contributed by atoms with van der Waals surface area (Å²) in [6.45, 7) is 0. The molecule has 0 aliphatic carbocycles. The van der Waals surface area contributed by atoms with Gasteiger partial charge in [0.05, 0.1) is 28.1 Å². The third kappa shape index (κ3) is 5.04. The molecule has 11 aromatic rings. The van der Waals surface area contributed by atoms with Crippen molar-refractivity contribution in [1.82, 2.24) is 19.5 Å². The Morgan fingerprint density at radius 1 is 0.345 bits per heavy atom. The van der Waals surface area contributed by atoms with E-state index in [0.29, 0.717) is 39.8 Å². The van der Waals surface area contributed by atoms with E-state index in [2.05, 4.69) is 113 Å². The van der Waals surface area contributed by atoms with Crippen molar-refractivity contribution in [2.24, 2.45) is 0 Å². The van der Waals surface area contributed by atoms with Crippen LogP contribution in [0.5, 0.6) is 0 Å². The molecule has 272 valence electrons. The van der Waals surface area contributed by atoms with Crippen LogP contribution in [0, 0.1) is 0 Å². The summed E-state index contributed by atoms with van der Waals surface area (Å²) in [7, 11) is 0. The van der Waals surface area contributed by atoms with Crippen LogP contribution >= 0.6 is 0 Å². The smallest absolute Gasteiger partial charge is 0.170 e. The Morgan fingerprint density at radius 3 is 1.50 bits per heavy atom. The average Bonchev–Trinajstić information content (AvgIpc) is 3.41. The molecule has 0 saturated heterocycles. The summed E-state index contributed by atoms with van der Waals surface area (Å²) in [5, 5.41) is 4.11. The van der Waals surface area contributed by atoms with Gasteiger partial charge >= 0.3 is 0 Å². The number of benzene rings is 8. The number of rotatable bonds is 4. The molecule has 0 amide bonds. The zero-order valence-corrected chi connectivity index (χ0v) is 31.0. The van der Waals surface area contributed by atoms with Gasteiger partial charge in [-0.15, -0.1) is 0 Å². The number of para-hydroxylation sites is 6. The van der Waals surface area contributed by atoms with E-state index in [4.69, 9.17) is 23.8 Å². The van der Waals surface area contributed by atoms with E-state index in [0.717, 1.165) is 72.0 Å². The van der Waals surface area contributed by atoms with E-state index in [-0.39, 0.29) is 0 Å². The van der Waals surface area contributed by atoms with Gasteiger partial charge in [0.25, 0.3) is 0 Å². The van der Waals surface area contributed by atoms with Crippen LogP contribution in [0.1, 0.15) is 0 Å². The first-order chi connectivity index (χ1) is 28.7. The molecular formula is C51H31N5O2. The fourth-order valence-corrected chi connectivity index (χ4v) is 8.41. The maximum atomic E-state index is 6.57. The van der Waals surface area contributed by atoms with Gasteiger partial charge in [0.2, 0.25) is 0 Å². The Kier molecular flexibility index (Phi) is 7.09. The van der Waals surface area contributed by atoms with Crippen molar-refractivity contribution in [1.29, 1.82) is 0 Å². The fraction of sp³-hybridized carbons (Fsp3) is 0. The van der Waals surface area contributed by atoms with E-state index >= 15 is 0 Å². The van der Waals surface area contributed by atoms with Crippen molar-refractivity contribution in [2.75, 3.05) is 4.90 Å². The Balaban J connectivity index is 1.23. The molecule has 7 nitrogen and oxygen atoms in total. The number of anilines is 3. The monoisotopic (exact) mass is 745 g/mol. The van der Waals surface area contributed by atoms with Crippen LogP contribution < -0.4 is 4.90 Å². The second-order valence-corrected chi connectivity index (χ2v) is 14.4. The number of nitrogens with zero attached hydrogens (tertiary/aromatic N) is 5. The van der Waals surface area contributed by atoms with Gasteiger partial charge in [-0.25, -0.2) is 15.0 Å². The maximum absolute atomic E-state index is 6.57. The summed E-state index contributed by atoms with van der Waals surface area (Å²) in [5.41, 5.74) is 11.8. The van der Waals surface area contributed by atoms with Crippen LogP contribution in [0.3, 0.4) is 0 Å². The summed E-state index contributed by atoms with van der Waals surface area (Å²) in [5.74, 6) is 1.81. The molecular weight excluding hydrogens is 715 g/mol. The summed E-state index contributed by atoms with van der Waals surface area (Å²) in [6.07, 6.45) is 0. The highest BCUT2D eigenvalue weighted by atomic mass is 16.4. The van der Waals surface area contributed by atoms with Crippen LogP contribution in [-0.4, -0.2) is 19.5 Å². The van der Waals surface area contributed by atoms with E-state index in [1.54, 1.807) is 0 Å². The molecule has 1 aliphatic heterocycles. The number of hydrogen-bond acceptors (Lipinski definition) is 6. The molecule has 0 spiro atoms. The summed E-state index contributed by atoms with van der Waals surface area (Å²) in [4.78, 5) is 17.6. The van der Waals surface area contributed by atoms with Crippen molar-refractivity contribution >= 4 is 72.0 Å². The lowest BCUT2D eigenvalue weighted by Crippen LogP contribution is -2.18. The minimum absolute atomic E-state index is 0.584. The van der Waals surface area contributed by atoms with Crippen LogP contribution in [0.4, 0.5) is 17.1 Å². The van der Waals surface area contributed by atoms with Crippen molar-refractivity contribution in [2.45, 2.75) is 0 Å². The zero-order chi connectivity index (χ0) is 38.2. The number of aromatic nitrogens is 4. The molecule has 1 aliphatic rings. The molecule has 0 fully saturated rings. The van der Waals surface area contributed by atoms with Gasteiger partial charge in [-0.3, -0.25) is 0 Å². The topological polar surface area (TPSA) is 73.1 Å². The zero-order valence-electron chi connectivity index (χ0n) is 31.0. The lowest BCUT2D eigenvalue weighted by atomic mass is 10.0. The first-order valence-electron chi connectivity index (χ1n) is 19.3. The molecule has 8 aromatic carbocycles. The summed E-state index contributed by atoms with van der Waals surface area (Å²) < 4.78 is 15.5. The predicted octanol–water partition coefficient (Wildman–Crippen LogP) is 13.5. The maximum Gasteiger partial charge on any atom is 0.170 e. The summed E-state index contributed by atoms with van der Waals surface area (Å²) >= 11 is 0. The molecule has 4 heterocycles. The van der Waals surface area contributed by atoms with Crippen LogP contribution in [-0.2, 0) is 0 Å². The first-order valence-corrected chi connectivity index (χ1v) is 19.3. The van der Waals surface area contributed by atoms with Gasteiger partial charge in [0.1, 0.15) is 0 Å². The minimum atomic E-state index is 0.584. The third-order valence-electron chi connectivity index (χ3n) is 11.0. The van der Waals surface area contributed by atoms with Gasteiger partial charge in [0.15, 0.2) is 39.8 Å². The molecule has 0 saturated carbocycles. The van der Waals surface area contributed by atoms with E-state index < -0.39 is 0 Å². The van der Waals surface area contributed by atoms with E-state index in [1.165, 1.54) is 0 Å². The van der Waals surface area contributed by atoms with Gasteiger partial charge in [0, 0.05) is 33.2 Å². The average molecular weight is 746 g/mol. The van der Waals surface area contributed by atoms with Crippen LogP contribution in [0.25, 0.3) is 94.8 Å². The molecule has 7 heteroatoms. The number of hydrogen-bond donors (Lipinski definition) is 0. The first kappa shape index (κ1) is 32.2. The highest BCUT2D eigenvalue weighted by molar-refractivity contribution is 6.22. The highest BCUT2D eigenvalue weighted by Crippen LogP contribution is 2.49. The van der Waals surface area contributed by atoms with Crippen LogP contribution in [0.15, 0.2) is 197 Å². The van der Waals surface area contributed by atoms with Gasteiger partial charge in [-0.2, -0.15) is 0 Å². The quantitative estimate of drug-likeness (QED) is 0.167. The Morgan fingerprint density at radius 2 is 0.862 bits per heavy atom. The SMILES string of the molecule is c1ccc(-c2nc(-c3ccccc3)nc(-c3ccc4c(c3)c3cc5oc6ccccc6oc5cc3c3cccc5c3n4-c3ccccc3N5c3ccccc3)n2)cc1. The lowest BCUT2D eigenvalue weighted by molar-refractivity contribution is 0.582. The van der Waals surface area contributed by atoms with Crippen molar-refractivity contribution in [3.63, 3.8) is 0 Å².